The number of ether oxygens (including phenoxy) is 2. The second kappa shape index (κ2) is 6.70. The van der Waals surface area contributed by atoms with Gasteiger partial charge in [-0.25, -0.2) is 0 Å². The second-order valence-electron chi connectivity index (χ2n) is 4.59. The first kappa shape index (κ1) is 16.2. The third kappa shape index (κ3) is 3.92. The zero-order chi connectivity index (χ0) is 16.2. The van der Waals surface area contributed by atoms with Gasteiger partial charge >= 0.3 is 6.18 Å². The molecule has 0 bridgehead atoms. The molecule has 118 valence electrons. The lowest BCUT2D eigenvalue weighted by Crippen LogP contribution is -2.16. The lowest BCUT2D eigenvalue weighted by Gasteiger charge is -2.18. The Labute approximate surface area is 125 Å². The van der Waals surface area contributed by atoms with Crippen molar-refractivity contribution in [3.05, 3.63) is 59.7 Å². The fourth-order valence-electron chi connectivity index (χ4n) is 2.00. The molecule has 1 atom stereocenters. The van der Waals surface area contributed by atoms with E-state index in [1.807, 2.05) is 0 Å². The SMILES string of the molecule is COc1cccc(OCC(O)c2ccccc2C(F)(F)F)c1. The molecule has 0 fully saturated rings. The number of halogens is 3. The van der Waals surface area contributed by atoms with Crippen molar-refractivity contribution >= 4 is 0 Å². The van der Waals surface area contributed by atoms with Crippen LogP contribution in [0.3, 0.4) is 0 Å². The van der Waals surface area contributed by atoms with Crippen LogP contribution in [0.5, 0.6) is 11.5 Å². The molecule has 0 saturated heterocycles. The molecule has 0 amide bonds. The normalized spacial score (nSPS) is 12.8. The van der Waals surface area contributed by atoms with Gasteiger partial charge in [0.2, 0.25) is 0 Å². The highest BCUT2D eigenvalue weighted by Gasteiger charge is 2.34. The summed E-state index contributed by atoms with van der Waals surface area (Å²) < 4.78 is 49.1. The molecule has 2 rings (SSSR count). The van der Waals surface area contributed by atoms with Crippen LogP contribution in [0.2, 0.25) is 0 Å². The van der Waals surface area contributed by atoms with E-state index in [1.54, 1.807) is 24.3 Å². The highest BCUT2D eigenvalue weighted by molar-refractivity contribution is 5.34. The van der Waals surface area contributed by atoms with Crippen LogP contribution < -0.4 is 9.47 Å². The highest BCUT2D eigenvalue weighted by atomic mass is 19.4. The van der Waals surface area contributed by atoms with Crippen molar-refractivity contribution in [1.82, 2.24) is 0 Å². The van der Waals surface area contributed by atoms with E-state index < -0.39 is 17.8 Å². The molecule has 0 aliphatic carbocycles. The van der Waals surface area contributed by atoms with Crippen LogP contribution in [-0.2, 0) is 6.18 Å². The van der Waals surface area contributed by atoms with Crippen molar-refractivity contribution in [3.63, 3.8) is 0 Å². The summed E-state index contributed by atoms with van der Waals surface area (Å²) in [6.07, 6.45) is -5.91. The molecule has 0 radical (unpaired) electrons. The van der Waals surface area contributed by atoms with E-state index in [0.29, 0.717) is 11.5 Å². The predicted octanol–water partition coefficient (Wildman–Crippen LogP) is 3.83. The van der Waals surface area contributed by atoms with Gasteiger partial charge in [-0.15, -0.1) is 0 Å². The van der Waals surface area contributed by atoms with Crippen LogP contribution in [0.15, 0.2) is 48.5 Å². The van der Waals surface area contributed by atoms with Crippen LogP contribution in [0, 0.1) is 0 Å². The van der Waals surface area contributed by atoms with Crippen LogP contribution in [0.1, 0.15) is 17.2 Å². The number of methoxy groups -OCH3 is 1. The molecule has 1 unspecified atom stereocenters. The zero-order valence-electron chi connectivity index (χ0n) is 11.8. The molecule has 0 saturated carbocycles. The first-order chi connectivity index (χ1) is 10.4. The lowest BCUT2D eigenvalue weighted by molar-refractivity contribution is -0.139. The third-order valence-electron chi connectivity index (χ3n) is 3.07. The number of aliphatic hydroxyl groups is 1. The summed E-state index contributed by atoms with van der Waals surface area (Å²) in [4.78, 5) is 0. The molecule has 3 nitrogen and oxygen atoms in total. The van der Waals surface area contributed by atoms with Crippen molar-refractivity contribution in [1.29, 1.82) is 0 Å². The largest absolute Gasteiger partial charge is 0.497 e. The second-order valence-corrected chi connectivity index (χ2v) is 4.59. The van der Waals surface area contributed by atoms with Gasteiger partial charge in [0, 0.05) is 6.07 Å². The van der Waals surface area contributed by atoms with E-state index in [9.17, 15) is 18.3 Å². The van der Waals surface area contributed by atoms with Crippen molar-refractivity contribution in [2.75, 3.05) is 13.7 Å². The molecular formula is C16H15F3O3. The van der Waals surface area contributed by atoms with E-state index in [2.05, 4.69) is 0 Å². The highest BCUT2D eigenvalue weighted by Crippen LogP contribution is 2.34. The van der Waals surface area contributed by atoms with Gasteiger partial charge in [-0.05, 0) is 23.8 Å². The van der Waals surface area contributed by atoms with Crippen molar-refractivity contribution < 1.29 is 27.8 Å². The summed E-state index contributed by atoms with van der Waals surface area (Å²) in [5, 5.41) is 10.00. The number of alkyl halides is 3. The molecule has 1 N–H and O–H groups in total. The zero-order valence-corrected chi connectivity index (χ0v) is 11.8. The summed E-state index contributed by atoms with van der Waals surface area (Å²) >= 11 is 0. The van der Waals surface area contributed by atoms with Gasteiger partial charge in [0.25, 0.3) is 0 Å². The van der Waals surface area contributed by atoms with Gasteiger partial charge in [-0.1, -0.05) is 24.3 Å². The van der Waals surface area contributed by atoms with Gasteiger partial charge in [-0.3, -0.25) is 0 Å². The molecule has 22 heavy (non-hydrogen) atoms. The van der Waals surface area contributed by atoms with Crippen LogP contribution in [0.4, 0.5) is 13.2 Å². The molecule has 2 aromatic carbocycles. The minimum Gasteiger partial charge on any atom is -0.497 e. The number of benzene rings is 2. The van der Waals surface area contributed by atoms with E-state index in [0.717, 1.165) is 6.07 Å². The Kier molecular flexibility index (Phi) is 4.92. The molecule has 0 aliphatic rings. The van der Waals surface area contributed by atoms with Gasteiger partial charge < -0.3 is 14.6 Å². The van der Waals surface area contributed by atoms with E-state index in [-0.39, 0.29) is 12.2 Å². The quantitative estimate of drug-likeness (QED) is 0.912. The Morgan fingerprint density at radius 3 is 2.41 bits per heavy atom. The van der Waals surface area contributed by atoms with E-state index >= 15 is 0 Å². The summed E-state index contributed by atoms with van der Waals surface area (Å²) in [6, 6.07) is 11.5. The molecule has 0 heterocycles. The average molecular weight is 312 g/mol. The Morgan fingerprint density at radius 2 is 1.73 bits per heavy atom. The van der Waals surface area contributed by atoms with Crippen molar-refractivity contribution in [3.8, 4) is 11.5 Å². The first-order valence-corrected chi connectivity index (χ1v) is 6.53. The maximum absolute atomic E-state index is 12.9. The Balaban J connectivity index is 2.11. The fourth-order valence-corrected chi connectivity index (χ4v) is 2.00. The Bertz CT molecular complexity index is 626. The number of hydrogen-bond acceptors (Lipinski definition) is 3. The Hall–Kier alpha value is -2.21. The number of aliphatic hydroxyl groups excluding tert-OH is 1. The van der Waals surface area contributed by atoms with Gasteiger partial charge in [0.05, 0.1) is 12.7 Å². The molecule has 0 spiro atoms. The molecule has 6 heteroatoms. The predicted molar refractivity (Wildman–Crippen MR) is 74.9 cm³/mol. The number of hydrogen-bond donors (Lipinski definition) is 1. The topological polar surface area (TPSA) is 38.7 Å². The first-order valence-electron chi connectivity index (χ1n) is 6.53. The minimum absolute atomic E-state index is 0.210. The van der Waals surface area contributed by atoms with E-state index in [1.165, 1.54) is 25.3 Å². The van der Waals surface area contributed by atoms with Crippen LogP contribution in [-0.4, -0.2) is 18.8 Å². The summed E-state index contributed by atoms with van der Waals surface area (Å²) in [5.74, 6) is 0.963. The number of rotatable bonds is 5. The summed E-state index contributed by atoms with van der Waals surface area (Å²) in [5.41, 5.74) is -1.07. The smallest absolute Gasteiger partial charge is 0.416 e. The third-order valence-corrected chi connectivity index (χ3v) is 3.07. The lowest BCUT2D eigenvalue weighted by atomic mass is 10.0. The molecule has 2 aromatic rings. The maximum Gasteiger partial charge on any atom is 0.416 e. The van der Waals surface area contributed by atoms with E-state index in [4.69, 9.17) is 9.47 Å². The fraction of sp³-hybridized carbons (Fsp3) is 0.250. The average Bonchev–Trinajstić information content (AvgIpc) is 2.52. The standard InChI is InChI=1S/C16H15F3O3/c1-21-11-5-4-6-12(9-11)22-10-15(20)13-7-2-3-8-14(13)16(17,18)19/h2-9,15,20H,10H2,1H3. The van der Waals surface area contributed by atoms with Gasteiger partial charge in [0.1, 0.15) is 24.2 Å². The summed E-state index contributed by atoms with van der Waals surface area (Å²) in [7, 11) is 1.49. The molecule has 0 aromatic heterocycles. The van der Waals surface area contributed by atoms with Gasteiger partial charge in [0.15, 0.2) is 0 Å². The minimum atomic E-state index is -4.52. The maximum atomic E-state index is 12.9. The molecule has 0 aliphatic heterocycles. The molecular weight excluding hydrogens is 297 g/mol. The van der Waals surface area contributed by atoms with Crippen LogP contribution >= 0.6 is 0 Å². The van der Waals surface area contributed by atoms with Crippen molar-refractivity contribution in [2.24, 2.45) is 0 Å². The van der Waals surface area contributed by atoms with Gasteiger partial charge in [-0.2, -0.15) is 13.2 Å². The van der Waals surface area contributed by atoms with Crippen molar-refractivity contribution in [2.45, 2.75) is 12.3 Å². The van der Waals surface area contributed by atoms with Crippen LogP contribution in [0.25, 0.3) is 0 Å². The summed E-state index contributed by atoms with van der Waals surface area (Å²) in [6.45, 7) is -0.291. The monoisotopic (exact) mass is 312 g/mol. The Morgan fingerprint density at radius 1 is 1.05 bits per heavy atom.